The van der Waals surface area contributed by atoms with E-state index >= 15 is 0 Å². The van der Waals surface area contributed by atoms with Gasteiger partial charge in [0.1, 0.15) is 0 Å². The summed E-state index contributed by atoms with van der Waals surface area (Å²) in [6.45, 7) is 6.87. The van der Waals surface area contributed by atoms with E-state index in [0.29, 0.717) is 18.0 Å². The lowest BCUT2D eigenvalue weighted by Crippen LogP contribution is -2.25. The summed E-state index contributed by atoms with van der Waals surface area (Å²) < 4.78 is 11.4. The van der Waals surface area contributed by atoms with E-state index < -0.39 is 0 Å². The molecule has 3 rings (SSSR count). The Labute approximate surface area is 154 Å². The molecule has 0 fully saturated rings. The van der Waals surface area contributed by atoms with E-state index in [1.807, 2.05) is 18.2 Å². The zero-order valence-electron chi connectivity index (χ0n) is 14.3. The molecule has 0 saturated heterocycles. The summed E-state index contributed by atoms with van der Waals surface area (Å²) in [6.07, 6.45) is 0. The summed E-state index contributed by atoms with van der Waals surface area (Å²) in [6, 6.07) is 5.64. The van der Waals surface area contributed by atoms with Crippen LogP contribution in [-0.4, -0.2) is 34.2 Å². The van der Waals surface area contributed by atoms with E-state index in [1.165, 1.54) is 23.1 Å². The molecule has 1 aliphatic rings. The Kier molecular flexibility index (Phi) is 5.33. The fourth-order valence-corrected chi connectivity index (χ4v) is 3.86. The monoisotopic (exact) mass is 380 g/mol. The zero-order valence-corrected chi connectivity index (χ0v) is 15.9. The van der Waals surface area contributed by atoms with Crippen molar-refractivity contribution >= 4 is 34.1 Å². The van der Waals surface area contributed by atoms with Gasteiger partial charge in [0.15, 0.2) is 15.8 Å². The molecule has 2 aromatic rings. The molecule has 1 aliphatic heterocycles. The van der Waals surface area contributed by atoms with Crippen molar-refractivity contribution < 1.29 is 14.3 Å². The SMILES string of the molecule is CC(C)(C)Nc1nnc(SCC(=O)NCc2ccc3c(c2)OCO3)s1. The number of hydrogen-bond donors (Lipinski definition) is 2. The topological polar surface area (TPSA) is 85.4 Å². The molecule has 9 heteroatoms. The van der Waals surface area contributed by atoms with Crippen LogP contribution < -0.4 is 20.1 Å². The molecular weight excluding hydrogens is 360 g/mol. The standard InChI is InChI=1S/C16H20N4O3S2/c1-16(2,3)18-14-19-20-15(25-14)24-8-13(21)17-7-10-4-5-11-12(6-10)23-9-22-11/h4-6H,7-9H2,1-3H3,(H,17,21)(H,18,19). The Morgan fingerprint density at radius 3 is 2.88 bits per heavy atom. The fourth-order valence-electron chi connectivity index (χ4n) is 2.07. The van der Waals surface area contributed by atoms with E-state index in [9.17, 15) is 4.79 Å². The number of anilines is 1. The van der Waals surface area contributed by atoms with Crippen molar-refractivity contribution in [1.82, 2.24) is 15.5 Å². The lowest BCUT2D eigenvalue weighted by atomic mass is 10.1. The molecule has 0 radical (unpaired) electrons. The van der Waals surface area contributed by atoms with Crippen LogP contribution in [0.25, 0.3) is 0 Å². The first kappa shape index (κ1) is 17.8. The number of ether oxygens (including phenoxy) is 2. The van der Waals surface area contributed by atoms with Crippen molar-refractivity contribution in [3.05, 3.63) is 23.8 Å². The van der Waals surface area contributed by atoms with E-state index in [4.69, 9.17) is 9.47 Å². The van der Waals surface area contributed by atoms with Crippen LogP contribution in [-0.2, 0) is 11.3 Å². The highest BCUT2D eigenvalue weighted by atomic mass is 32.2. The van der Waals surface area contributed by atoms with Crippen LogP contribution in [0.3, 0.4) is 0 Å². The Morgan fingerprint density at radius 2 is 2.08 bits per heavy atom. The Hall–Kier alpha value is -2.00. The first-order valence-electron chi connectivity index (χ1n) is 7.79. The van der Waals surface area contributed by atoms with Gasteiger partial charge in [0, 0.05) is 12.1 Å². The molecule has 0 spiro atoms. The molecule has 25 heavy (non-hydrogen) atoms. The number of hydrogen-bond acceptors (Lipinski definition) is 8. The van der Waals surface area contributed by atoms with Crippen LogP contribution in [0.1, 0.15) is 26.3 Å². The van der Waals surface area contributed by atoms with Gasteiger partial charge in [-0.2, -0.15) is 0 Å². The minimum Gasteiger partial charge on any atom is -0.454 e. The zero-order chi connectivity index (χ0) is 17.9. The van der Waals surface area contributed by atoms with Gasteiger partial charge in [0.05, 0.1) is 5.75 Å². The highest BCUT2D eigenvalue weighted by Gasteiger charge is 2.15. The summed E-state index contributed by atoms with van der Waals surface area (Å²) >= 11 is 2.83. The highest BCUT2D eigenvalue weighted by molar-refractivity contribution is 8.01. The molecule has 2 N–H and O–H groups in total. The number of carbonyl (C=O) groups is 1. The lowest BCUT2D eigenvalue weighted by Gasteiger charge is -2.18. The van der Waals surface area contributed by atoms with E-state index in [-0.39, 0.29) is 18.2 Å². The molecule has 2 heterocycles. The average Bonchev–Trinajstić information content (AvgIpc) is 3.17. The number of aromatic nitrogens is 2. The van der Waals surface area contributed by atoms with Crippen LogP contribution in [0.5, 0.6) is 11.5 Å². The second-order valence-corrected chi connectivity index (χ2v) is 8.70. The Balaban J connectivity index is 1.44. The van der Waals surface area contributed by atoms with Crippen LogP contribution in [0, 0.1) is 0 Å². The fraction of sp³-hybridized carbons (Fsp3) is 0.438. The second kappa shape index (κ2) is 7.49. The number of amides is 1. The maximum atomic E-state index is 12.0. The summed E-state index contributed by atoms with van der Waals surface area (Å²) in [4.78, 5) is 12.0. The molecule has 0 unspecified atom stereocenters. The smallest absolute Gasteiger partial charge is 0.231 e. The van der Waals surface area contributed by atoms with Gasteiger partial charge in [-0.05, 0) is 38.5 Å². The van der Waals surface area contributed by atoms with Crippen molar-refractivity contribution in [3.8, 4) is 11.5 Å². The molecule has 0 bridgehead atoms. The maximum absolute atomic E-state index is 12.0. The van der Waals surface area contributed by atoms with Crippen LogP contribution in [0.15, 0.2) is 22.5 Å². The molecule has 1 aromatic heterocycles. The predicted molar refractivity (Wildman–Crippen MR) is 98.4 cm³/mol. The Morgan fingerprint density at radius 1 is 1.28 bits per heavy atom. The van der Waals surface area contributed by atoms with E-state index in [2.05, 4.69) is 41.6 Å². The molecular formula is C16H20N4O3S2. The van der Waals surface area contributed by atoms with Gasteiger partial charge >= 0.3 is 0 Å². The van der Waals surface area contributed by atoms with Gasteiger partial charge in [-0.15, -0.1) is 10.2 Å². The van der Waals surface area contributed by atoms with E-state index in [1.54, 1.807) is 0 Å². The molecule has 1 aromatic carbocycles. The van der Waals surface area contributed by atoms with Crippen molar-refractivity contribution in [2.24, 2.45) is 0 Å². The molecule has 134 valence electrons. The minimum absolute atomic E-state index is 0.0526. The minimum atomic E-state index is -0.0660. The molecule has 1 amide bonds. The van der Waals surface area contributed by atoms with Crippen molar-refractivity contribution in [2.45, 2.75) is 37.2 Å². The maximum Gasteiger partial charge on any atom is 0.231 e. The number of benzene rings is 1. The second-order valence-electron chi connectivity index (χ2n) is 6.50. The van der Waals surface area contributed by atoms with Gasteiger partial charge in [-0.1, -0.05) is 29.2 Å². The number of thioether (sulfide) groups is 1. The largest absolute Gasteiger partial charge is 0.454 e. The van der Waals surface area contributed by atoms with Gasteiger partial charge in [0.25, 0.3) is 0 Å². The van der Waals surface area contributed by atoms with Crippen LogP contribution >= 0.6 is 23.1 Å². The Bertz CT molecular complexity index is 758. The number of fused-ring (bicyclic) bond motifs is 1. The summed E-state index contributed by atoms with van der Waals surface area (Å²) in [7, 11) is 0. The average molecular weight is 380 g/mol. The third-order valence-corrected chi connectivity index (χ3v) is 5.11. The van der Waals surface area contributed by atoms with Crippen molar-refractivity contribution in [1.29, 1.82) is 0 Å². The van der Waals surface area contributed by atoms with Gasteiger partial charge in [-0.25, -0.2) is 0 Å². The van der Waals surface area contributed by atoms with Gasteiger partial charge in [-0.3, -0.25) is 4.79 Å². The first-order valence-corrected chi connectivity index (χ1v) is 9.59. The molecule has 0 atom stereocenters. The summed E-state index contributed by atoms with van der Waals surface area (Å²) in [5, 5.41) is 15.1. The third kappa shape index (κ3) is 5.23. The van der Waals surface area contributed by atoms with Crippen molar-refractivity contribution in [3.63, 3.8) is 0 Å². The quantitative estimate of drug-likeness (QED) is 0.745. The predicted octanol–water partition coefficient (Wildman–Crippen LogP) is 2.89. The van der Waals surface area contributed by atoms with Gasteiger partial charge in [0.2, 0.25) is 17.8 Å². The summed E-state index contributed by atoms with van der Waals surface area (Å²) in [5.74, 6) is 1.70. The number of nitrogens with one attached hydrogen (secondary N) is 2. The molecule has 7 nitrogen and oxygen atoms in total. The van der Waals surface area contributed by atoms with Gasteiger partial charge < -0.3 is 20.1 Å². The van der Waals surface area contributed by atoms with E-state index in [0.717, 1.165) is 20.8 Å². The van der Waals surface area contributed by atoms with Crippen LogP contribution in [0.2, 0.25) is 0 Å². The number of carbonyl (C=O) groups excluding carboxylic acids is 1. The van der Waals surface area contributed by atoms with Crippen LogP contribution in [0.4, 0.5) is 5.13 Å². The first-order chi connectivity index (χ1) is 11.9. The number of rotatable bonds is 6. The van der Waals surface area contributed by atoms with Crippen molar-refractivity contribution in [2.75, 3.05) is 17.9 Å². The lowest BCUT2D eigenvalue weighted by molar-refractivity contribution is -0.118. The third-order valence-electron chi connectivity index (χ3n) is 3.14. The highest BCUT2D eigenvalue weighted by Crippen LogP contribution is 2.32. The summed E-state index contributed by atoms with van der Waals surface area (Å²) in [5.41, 5.74) is 0.902. The molecule has 0 aliphatic carbocycles. The normalized spacial score (nSPS) is 12.9. The number of nitrogens with zero attached hydrogens (tertiary/aromatic N) is 2. The molecule has 0 saturated carbocycles.